The molecule has 2 N–H and O–H groups in total. The number of hydrogen-bond acceptors (Lipinski definition) is 4. The number of ether oxygens (including phenoxy) is 1. The number of amides is 2. The van der Waals surface area contributed by atoms with Crippen LogP contribution in [0.25, 0.3) is 0 Å². The largest absolute Gasteiger partial charge is 0.497 e. The molecular formula is C18H27N3O3. The minimum Gasteiger partial charge on any atom is -0.497 e. The number of hydrogen-bond donors (Lipinski definition) is 2. The Morgan fingerprint density at radius 3 is 2.67 bits per heavy atom. The van der Waals surface area contributed by atoms with Gasteiger partial charge in [0.2, 0.25) is 11.8 Å². The van der Waals surface area contributed by atoms with E-state index in [1.54, 1.807) is 14.2 Å². The zero-order chi connectivity index (χ0) is 17.4. The predicted molar refractivity (Wildman–Crippen MR) is 92.7 cm³/mol. The second-order valence-corrected chi connectivity index (χ2v) is 6.04. The maximum Gasteiger partial charge on any atom is 0.237 e. The first-order chi connectivity index (χ1) is 11.6. The van der Waals surface area contributed by atoms with E-state index in [1.807, 2.05) is 24.3 Å². The Hall–Kier alpha value is -2.08. The third-order valence-electron chi connectivity index (χ3n) is 4.44. The molecule has 2 amide bonds. The molecule has 0 saturated carbocycles. The Bertz CT molecular complexity index is 545. The van der Waals surface area contributed by atoms with Gasteiger partial charge in [0.1, 0.15) is 5.75 Å². The van der Waals surface area contributed by atoms with Gasteiger partial charge in [-0.1, -0.05) is 18.6 Å². The van der Waals surface area contributed by atoms with Gasteiger partial charge in [-0.15, -0.1) is 0 Å². The molecule has 1 saturated heterocycles. The minimum atomic E-state index is -0.0989. The van der Waals surface area contributed by atoms with Crippen LogP contribution in [-0.2, 0) is 16.1 Å². The van der Waals surface area contributed by atoms with Crippen molar-refractivity contribution in [1.29, 1.82) is 0 Å². The van der Waals surface area contributed by atoms with E-state index >= 15 is 0 Å². The van der Waals surface area contributed by atoms with Crippen molar-refractivity contribution in [2.24, 2.45) is 0 Å². The number of rotatable bonds is 7. The molecule has 1 aliphatic heterocycles. The molecule has 1 atom stereocenters. The third kappa shape index (κ3) is 5.23. The lowest BCUT2D eigenvalue weighted by molar-refractivity contribution is -0.128. The second-order valence-electron chi connectivity index (χ2n) is 6.04. The van der Waals surface area contributed by atoms with Crippen LogP contribution >= 0.6 is 0 Å². The number of nitrogens with zero attached hydrogens (tertiary/aromatic N) is 1. The van der Waals surface area contributed by atoms with E-state index < -0.39 is 0 Å². The second kappa shape index (κ2) is 9.27. The van der Waals surface area contributed by atoms with E-state index in [-0.39, 0.29) is 17.9 Å². The summed E-state index contributed by atoms with van der Waals surface area (Å²) in [5.41, 5.74) is 1.03. The molecule has 0 bridgehead atoms. The topological polar surface area (TPSA) is 70.7 Å². The predicted octanol–water partition coefficient (Wildman–Crippen LogP) is 1.30. The summed E-state index contributed by atoms with van der Waals surface area (Å²) in [6, 6.07) is 7.53. The highest BCUT2D eigenvalue weighted by molar-refractivity contribution is 5.81. The van der Waals surface area contributed by atoms with E-state index in [2.05, 4.69) is 15.5 Å². The van der Waals surface area contributed by atoms with Crippen LogP contribution < -0.4 is 15.4 Å². The number of methoxy groups -OCH3 is 1. The molecule has 0 spiro atoms. The van der Waals surface area contributed by atoms with Gasteiger partial charge < -0.3 is 15.4 Å². The number of carbonyl (C=O) groups excluding carboxylic acids is 2. The van der Waals surface area contributed by atoms with Crippen LogP contribution in [0.1, 0.15) is 31.2 Å². The molecule has 2 rings (SSSR count). The SMILES string of the molecule is CNC(=O)[C@@H]1CCCCN1CCC(=O)NCc1ccc(OC)cc1. The van der Waals surface area contributed by atoms with E-state index in [9.17, 15) is 9.59 Å². The standard InChI is InChI=1S/C18H27N3O3/c1-19-18(23)16-5-3-4-11-21(16)12-10-17(22)20-13-14-6-8-15(24-2)9-7-14/h6-9,16H,3-5,10-13H2,1-2H3,(H,19,23)(H,20,22)/t16-/m0/s1. The highest BCUT2D eigenvalue weighted by atomic mass is 16.5. The highest BCUT2D eigenvalue weighted by Crippen LogP contribution is 2.17. The van der Waals surface area contributed by atoms with Crippen LogP contribution in [-0.4, -0.2) is 50.0 Å². The third-order valence-corrected chi connectivity index (χ3v) is 4.44. The first-order valence-electron chi connectivity index (χ1n) is 8.49. The summed E-state index contributed by atoms with van der Waals surface area (Å²) < 4.78 is 5.11. The van der Waals surface area contributed by atoms with Crippen LogP contribution in [0.5, 0.6) is 5.75 Å². The summed E-state index contributed by atoms with van der Waals surface area (Å²) in [7, 11) is 3.29. The van der Waals surface area contributed by atoms with Crippen molar-refractivity contribution in [3.05, 3.63) is 29.8 Å². The molecular weight excluding hydrogens is 306 g/mol. The quantitative estimate of drug-likeness (QED) is 0.789. The number of piperidine rings is 1. The van der Waals surface area contributed by atoms with Crippen molar-refractivity contribution in [3.8, 4) is 5.75 Å². The van der Waals surface area contributed by atoms with Gasteiger partial charge in [0.05, 0.1) is 13.2 Å². The summed E-state index contributed by atoms with van der Waals surface area (Å²) >= 11 is 0. The van der Waals surface area contributed by atoms with E-state index in [0.29, 0.717) is 19.5 Å². The van der Waals surface area contributed by atoms with Gasteiger partial charge in [-0.05, 0) is 37.1 Å². The van der Waals surface area contributed by atoms with Crippen LogP contribution in [0.2, 0.25) is 0 Å². The Balaban J connectivity index is 1.76. The van der Waals surface area contributed by atoms with E-state index in [4.69, 9.17) is 4.74 Å². The molecule has 6 nitrogen and oxygen atoms in total. The average molecular weight is 333 g/mol. The maximum atomic E-state index is 12.1. The highest BCUT2D eigenvalue weighted by Gasteiger charge is 2.27. The lowest BCUT2D eigenvalue weighted by Gasteiger charge is -2.34. The fraction of sp³-hybridized carbons (Fsp3) is 0.556. The lowest BCUT2D eigenvalue weighted by Crippen LogP contribution is -2.49. The first kappa shape index (κ1) is 18.3. The molecule has 6 heteroatoms. The fourth-order valence-electron chi connectivity index (χ4n) is 3.00. The summed E-state index contributed by atoms with van der Waals surface area (Å²) in [6.07, 6.45) is 3.43. The van der Waals surface area contributed by atoms with Crippen molar-refractivity contribution in [2.45, 2.75) is 38.3 Å². The molecule has 132 valence electrons. The smallest absolute Gasteiger partial charge is 0.237 e. The number of likely N-dealkylation sites (tertiary alicyclic amines) is 1. The summed E-state index contributed by atoms with van der Waals surface area (Å²) in [6.45, 7) is 2.00. The first-order valence-corrected chi connectivity index (χ1v) is 8.49. The van der Waals surface area contributed by atoms with Gasteiger partial charge in [0.15, 0.2) is 0 Å². The van der Waals surface area contributed by atoms with E-state index in [1.165, 1.54) is 0 Å². The fourth-order valence-corrected chi connectivity index (χ4v) is 3.00. The van der Waals surface area contributed by atoms with E-state index in [0.717, 1.165) is 37.1 Å². The summed E-state index contributed by atoms with van der Waals surface area (Å²) in [5.74, 6) is 0.857. The van der Waals surface area contributed by atoms with Crippen LogP contribution in [0.4, 0.5) is 0 Å². The molecule has 1 aliphatic rings. The molecule has 1 heterocycles. The van der Waals surface area contributed by atoms with Gasteiger partial charge in [-0.25, -0.2) is 0 Å². The normalized spacial score (nSPS) is 18.0. The van der Waals surface area contributed by atoms with Crippen LogP contribution in [0, 0.1) is 0 Å². The molecule has 1 fully saturated rings. The van der Waals surface area contributed by atoms with Crippen molar-refractivity contribution < 1.29 is 14.3 Å². The Morgan fingerprint density at radius 2 is 2.00 bits per heavy atom. The van der Waals surface area contributed by atoms with Crippen LogP contribution in [0.15, 0.2) is 24.3 Å². The van der Waals surface area contributed by atoms with Gasteiger partial charge in [0.25, 0.3) is 0 Å². The monoisotopic (exact) mass is 333 g/mol. The zero-order valence-electron chi connectivity index (χ0n) is 14.5. The van der Waals surface area contributed by atoms with Gasteiger partial charge in [0, 0.05) is 26.6 Å². The molecule has 0 aliphatic carbocycles. The van der Waals surface area contributed by atoms with Gasteiger partial charge in [-0.2, -0.15) is 0 Å². The van der Waals surface area contributed by atoms with Crippen molar-refractivity contribution in [3.63, 3.8) is 0 Å². The van der Waals surface area contributed by atoms with Crippen molar-refractivity contribution in [1.82, 2.24) is 15.5 Å². The Morgan fingerprint density at radius 1 is 1.25 bits per heavy atom. The average Bonchev–Trinajstić information content (AvgIpc) is 2.64. The molecule has 0 unspecified atom stereocenters. The van der Waals surface area contributed by atoms with Crippen LogP contribution in [0.3, 0.4) is 0 Å². The Kier molecular flexibility index (Phi) is 7.06. The molecule has 0 aromatic heterocycles. The Labute approximate surface area is 143 Å². The molecule has 1 aromatic rings. The number of likely N-dealkylation sites (N-methyl/N-ethyl adjacent to an activating group) is 1. The molecule has 1 aromatic carbocycles. The summed E-state index contributed by atoms with van der Waals surface area (Å²) in [4.78, 5) is 26.1. The summed E-state index contributed by atoms with van der Waals surface area (Å²) in [5, 5.41) is 5.64. The van der Waals surface area contributed by atoms with Gasteiger partial charge in [-0.3, -0.25) is 14.5 Å². The lowest BCUT2D eigenvalue weighted by atomic mass is 10.0. The molecule has 24 heavy (non-hydrogen) atoms. The molecule has 0 radical (unpaired) electrons. The number of benzene rings is 1. The van der Waals surface area contributed by atoms with Crippen molar-refractivity contribution >= 4 is 11.8 Å². The van der Waals surface area contributed by atoms with Gasteiger partial charge >= 0.3 is 0 Å². The minimum absolute atomic E-state index is 0.00653. The maximum absolute atomic E-state index is 12.1. The zero-order valence-corrected chi connectivity index (χ0v) is 14.5. The number of nitrogens with one attached hydrogen (secondary N) is 2. The van der Waals surface area contributed by atoms with Crippen molar-refractivity contribution in [2.75, 3.05) is 27.2 Å². The number of carbonyl (C=O) groups is 2.